The van der Waals surface area contributed by atoms with Crippen LogP contribution in [-0.4, -0.2) is 18.6 Å². The largest absolute Gasteiger partial charge is 0.487 e. The summed E-state index contributed by atoms with van der Waals surface area (Å²) in [6, 6.07) is 15.0. The van der Waals surface area contributed by atoms with Crippen LogP contribution in [0.5, 0.6) is 11.5 Å². The van der Waals surface area contributed by atoms with Crippen LogP contribution >= 0.6 is 0 Å². The first-order valence-corrected chi connectivity index (χ1v) is 8.01. The maximum absolute atomic E-state index is 12.6. The molecule has 1 N–H and O–H groups in total. The van der Waals surface area contributed by atoms with Crippen LogP contribution in [-0.2, 0) is 4.79 Å². The molecule has 0 saturated carbocycles. The molecule has 1 unspecified atom stereocenters. The second-order valence-electron chi connectivity index (χ2n) is 5.37. The van der Waals surface area contributed by atoms with Crippen molar-refractivity contribution in [3.05, 3.63) is 66.7 Å². The van der Waals surface area contributed by atoms with Gasteiger partial charge in [0.2, 0.25) is 0 Å². The standard InChI is InChI=1S/C20H23NO3/c1-4-14-23-19-13-9-7-11-16(19)21-20(22)17(5-2)24-18-12-8-6-10-15(18)3/h4,6-13,17H,1,5,14H2,2-3H3,(H,21,22). The highest BCUT2D eigenvalue weighted by atomic mass is 16.5. The van der Waals surface area contributed by atoms with E-state index in [1.807, 2.05) is 56.3 Å². The molecular weight excluding hydrogens is 302 g/mol. The van der Waals surface area contributed by atoms with Crippen LogP contribution in [0.15, 0.2) is 61.2 Å². The number of para-hydroxylation sites is 3. The van der Waals surface area contributed by atoms with Crippen molar-refractivity contribution in [3.8, 4) is 11.5 Å². The topological polar surface area (TPSA) is 47.6 Å². The molecule has 2 aromatic carbocycles. The second-order valence-corrected chi connectivity index (χ2v) is 5.37. The average Bonchev–Trinajstić information content (AvgIpc) is 2.60. The summed E-state index contributed by atoms with van der Waals surface area (Å²) in [5.41, 5.74) is 1.62. The minimum Gasteiger partial charge on any atom is -0.487 e. The van der Waals surface area contributed by atoms with Crippen LogP contribution in [0.2, 0.25) is 0 Å². The highest BCUT2D eigenvalue weighted by Gasteiger charge is 2.20. The Morgan fingerprint density at radius 2 is 1.83 bits per heavy atom. The van der Waals surface area contributed by atoms with Gasteiger partial charge in [0.1, 0.15) is 18.1 Å². The van der Waals surface area contributed by atoms with Crippen molar-refractivity contribution in [2.75, 3.05) is 11.9 Å². The number of carbonyl (C=O) groups is 1. The molecule has 2 rings (SSSR count). The van der Waals surface area contributed by atoms with Gasteiger partial charge in [-0.2, -0.15) is 0 Å². The van der Waals surface area contributed by atoms with Gasteiger partial charge in [-0.15, -0.1) is 0 Å². The van der Waals surface area contributed by atoms with E-state index in [0.29, 0.717) is 24.5 Å². The van der Waals surface area contributed by atoms with E-state index < -0.39 is 6.10 Å². The molecule has 24 heavy (non-hydrogen) atoms. The SMILES string of the molecule is C=CCOc1ccccc1NC(=O)C(CC)Oc1ccccc1C. The van der Waals surface area contributed by atoms with Crippen LogP contribution in [0, 0.1) is 6.92 Å². The van der Waals surface area contributed by atoms with Crippen molar-refractivity contribution in [1.29, 1.82) is 0 Å². The maximum Gasteiger partial charge on any atom is 0.265 e. The molecular formula is C20H23NO3. The van der Waals surface area contributed by atoms with Crippen molar-refractivity contribution in [2.24, 2.45) is 0 Å². The van der Waals surface area contributed by atoms with Crippen molar-refractivity contribution in [2.45, 2.75) is 26.4 Å². The van der Waals surface area contributed by atoms with Gasteiger partial charge < -0.3 is 14.8 Å². The number of carbonyl (C=O) groups excluding carboxylic acids is 1. The molecule has 0 aliphatic heterocycles. The Hall–Kier alpha value is -2.75. The fourth-order valence-electron chi connectivity index (χ4n) is 2.22. The number of hydrogen-bond donors (Lipinski definition) is 1. The predicted octanol–water partition coefficient (Wildman–Crippen LogP) is 4.36. The fourth-order valence-corrected chi connectivity index (χ4v) is 2.22. The fraction of sp³-hybridized carbons (Fsp3) is 0.250. The third-order valence-corrected chi connectivity index (χ3v) is 3.53. The number of aryl methyl sites for hydroxylation is 1. The lowest BCUT2D eigenvalue weighted by atomic mass is 10.2. The summed E-state index contributed by atoms with van der Waals surface area (Å²) in [7, 11) is 0. The van der Waals surface area contributed by atoms with E-state index in [4.69, 9.17) is 9.47 Å². The van der Waals surface area contributed by atoms with Crippen molar-refractivity contribution < 1.29 is 14.3 Å². The lowest BCUT2D eigenvalue weighted by Gasteiger charge is -2.19. The van der Waals surface area contributed by atoms with Gasteiger partial charge in [0.05, 0.1) is 5.69 Å². The number of anilines is 1. The van der Waals surface area contributed by atoms with Gasteiger partial charge >= 0.3 is 0 Å². The van der Waals surface area contributed by atoms with Crippen LogP contribution in [0.3, 0.4) is 0 Å². The van der Waals surface area contributed by atoms with Crippen LogP contribution in [0.4, 0.5) is 5.69 Å². The van der Waals surface area contributed by atoms with Crippen molar-refractivity contribution >= 4 is 11.6 Å². The summed E-state index contributed by atoms with van der Waals surface area (Å²) in [5, 5.41) is 2.89. The Balaban J connectivity index is 2.10. The van der Waals surface area contributed by atoms with E-state index in [-0.39, 0.29) is 5.91 Å². The third kappa shape index (κ3) is 4.62. The van der Waals surface area contributed by atoms with E-state index in [1.54, 1.807) is 12.1 Å². The van der Waals surface area contributed by atoms with Gasteiger partial charge in [-0.05, 0) is 37.1 Å². The number of ether oxygens (including phenoxy) is 2. The first-order chi connectivity index (χ1) is 11.7. The minimum atomic E-state index is -0.571. The number of benzene rings is 2. The zero-order valence-corrected chi connectivity index (χ0v) is 14.1. The summed E-state index contributed by atoms with van der Waals surface area (Å²) in [6.45, 7) is 7.89. The Morgan fingerprint density at radius 1 is 1.17 bits per heavy atom. The quantitative estimate of drug-likeness (QED) is 0.734. The predicted molar refractivity (Wildman–Crippen MR) is 96.6 cm³/mol. The van der Waals surface area contributed by atoms with E-state index in [2.05, 4.69) is 11.9 Å². The third-order valence-electron chi connectivity index (χ3n) is 3.53. The lowest BCUT2D eigenvalue weighted by Crippen LogP contribution is -2.32. The molecule has 0 aliphatic rings. The maximum atomic E-state index is 12.6. The van der Waals surface area contributed by atoms with E-state index in [1.165, 1.54) is 0 Å². The molecule has 0 bridgehead atoms. The van der Waals surface area contributed by atoms with Gasteiger partial charge in [-0.1, -0.05) is 49.9 Å². The highest BCUT2D eigenvalue weighted by Crippen LogP contribution is 2.25. The summed E-state index contributed by atoms with van der Waals surface area (Å²) >= 11 is 0. The number of amides is 1. The Morgan fingerprint density at radius 3 is 2.50 bits per heavy atom. The van der Waals surface area contributed by atoms with Gasteiger partial charge in [-0.25, -0.2) is 0 Å². The van der Waals surface area contributed by atoms with E-state index >= 15 is 0 Å². The Bertz CT molecular complexity index is 697. The molecule has 1 amide bonds. The van der Waals surface area contributed by atoms with E-state index in [0.717, 1.165) is 11.3 Å². The molecule has 1 atom stereocenters. The summed E-state index contributed by atoms with van der Waals surface area (Å²) in [6.07, 6.45) is 1.66. The summed E-state index contributed by atoms with van der Waals surface area (Å²) in [4.78, 5) is 12.6. The van der Waals surface area contributed by atoms with Gasteiger partial charge in [0, 0.05) is 0 Å². The molecule has 0 heterocycles. The zero-order valence-electron chi connectivity index (χ0n) is 14.1. The van der Waals surface area contributed by atoms with Crippen LogP contribution in [0.25, 0.3) is 0 Å². The smallest absolute Gasteiger partial charge is 0.265 e. The van der Waals surface area contributed by atoms with Gasteiger partial charge in [0.25, 0.3) is 5.91 Å². The zero-order chi connectivity index (χ0) is 17.4. The molecule has 0 radical (unpaired) electrons. The number of nitrogens with one attached hydrogen (secondary N) is 1. The normalized spacial score (nSPS) is 11.4. The highest BCUT2D eigenvalue weighted by molar-refractivity contribution is 5.95. The number of hydrogen-bond acceptors (Lipinski definition) is 3. The van der Waals surface area contributed by atoms with Gasteiger partial charge in [0.15, 0.2) is 6.10 Å². The molecule has 0 saturated heterocycles. The lowest BCUT2D eigenvalue weighted by molar-refractivity contribution is -0.122. The van der Waals surface area contributed by atoms with Crippen molar-refractivity contribution in [3.63, 3.8) is 0 Å². The van der Waals surface area contributed by atoms with Crippen LogP contribution < -0.4 is 14.8 Å². The molecule has 2 aromatic rings. The first kappa shape index (κ1) is 17.6. The average molecular weight is 325 g/mol. The molecule has 0 spiro atoms. The Kier molecular flexibility index (Phi) is 6.43. The Labute approximate surface area is 143 Å². The molecule has 0 aromatic heterocycles. The summed E-state index contributed by atoms with van der Waals surface area (Å²) in [5.74, 6) is 1.13. The molecule has 0 fully saturated rings. The second kappa shape index (κ2) is 8.77. The minimum absolute atomic E-state index is 0.199. The van der Waals surface area contributed by atoms with Crippen LogP contribution in [0.1, 0.15) is 18.9 Å². The number of rotatable bonds is 8. The first-order valence-electron chi connectivity index (χ1n) is 8.01. The van der Waals surface area contributed by atoms with Gasteiger partial charge in [-0.3, -0.25) is 4.79 Å². The molecule has 4 heteroatoms. The van der Waals surface area contributed by atoms with E-state index in [9.17, 15) is 4.79 Å². The van der Waals surface area contributed by atoms with Crippen molar-refractivity contribution in [1.82, 2.24) is 0 Å². The molecule has 0 aliphatic carbocycles. The summed E-state index contributed by atoms with van der Waals surface area (Å²) < 4.78 is 11.4. The molecule has 4 nitrogen and oxygen atoms in total. The molecule has 126 valence electrons. The monoisotopic (exact) mass is 325 g/mol.